The van der Waals surface area contributed by atoms with Crippen LogP contribution in [0.5, 0.6) is 0 Å². The van der Waals surface area contributed by atoms with Crippen molar-refractivity contribution >= 4 is 11.8 Å². The molecule has 2 rings (SSSR count). The fraction of sp³-hybridized carbons (Fsp3) is 0.562. The second-order valence-corrected chi connectivity index (χ2v) is 5.57. The summed E-state index contributed by atoms with van der Waals surface area (Å²) in [6.07, 6.45) is 7.53. The number of hydrogen-bond acceptors (Lipinski definition) is 4. The Labute approximate surface area is 131 Å². The lowest BCUT2D eigenvalue weighted by Gasteiger charge is -2.31. The molecular weight excluding hydrogens is 278 g/mol. The van der Waals surface area contributed by atoms with Crippen molar-refractivity contribution in [1.82, 2.24) is 15.2 Å². The maximum absolute atomic E-state index is 12.1. The van der Waals surface area contributed by atoms with Crippen LogP contribution in [0.4, 0.5) is 10.6 Å². The van der Waals surface area contributed by atoms with Crippen LogP contribution in [0, 0.1) is 11.3 Å². The first-order valence-electron chi connectivity index (χ1n) is 7.82. The second-order valence-electron chi connectivity index (χ2n) is 5.57. The molecule has 1 fully saturated rings. The molecule has 0 radical (unpaired) electrons. The number of carbonyl (C=O) groups is 1. The topological polar surface area (TPSA) is 81.1 Å². The highest BCUT2D eigenvalue weighted by Gasteiger charge is 2.21. The molecule has 118 valence electrons. The Balaban J connectivity index is 1.71. The Morgan fingerprint density at radius 3 is 2.91 bits per heavy atom. The SMILES string of the molecule is CN(C(=O)NCCNc1ncccc1C#N)C1CCCCC1. The predicted molar refractivity (Wildman–Crippen MR) is 85.5 cm³/mol. The third kappa shape index (κ3) is 4.35. The number of urea groups is 1. The molecular formula is C16H23N5O. The van der Waals surface area contributed by atoms with E-state index in [1.54, 1.807) is 18.3 Å². The van der Waals surface area contributed by atoms with E-state index >= 15 is 0 Å². The molecule has 6 heteroatoms. The average molecular weight is 301 g/mol. The average Bonchev–Trinajstić information content (AvgIpc) is 2.59. The van der Waals surface area contributed by atoms with E-state index in [0.717, 1.165) is 12.8 Å². The summed E-state index contributed by atoms with van der Waals surface area (Å²) in [6.45, 7) is 1.03. The number of nitrogens with zero attached hydrogens (tertiary/aromatic N) is 3. The highest BCUT2D eigenvalue weighted by atomic mass is 16.2. The van der Waals surface area contributed by atoms with Gasteiger partial charge >= 0.3 is 6.03 Å². The summed E-state index contributed by atoms with van der Waals surface area (Å²) >= 11 is 0. The number of nitriles is 1. The fourth-order valence-corrected chi connectivity index (χ4v) is 2.75. The molecule has 6 nitrogen and oxygen atoms in total. The normalized spacial score (nSPS) is 14.9. The second kappa shape index (κ2) is 8.23. The van der Waals surface area contributed by atoms with Crippen LogP contribution in [0.15, 0.2) is 18.3 Å². The number of carbonyl (C=O) groups excluding carboxylic acids is 1. The van der Waals surface area contributed by atoms with Crippen LogP contribution in [-0.2, 0) is 0 Å². The van der Waals surface area contributed by atoms with Crippen LogP contribution >= 0.6 is 0 Å². The number of nitrogens with one attached hydrogen (secondary N) is 2. The van der Waals surface area contributed by atoms with Gasteiger partial charge < -0.3 is 15.5 Å². The number of rotatable bonds is 5. The number of amides is 2. The summed E-state index contributed by atoms with van der Waals surface area (Å²) < 4.78 is 0. The zero-order chi connectivity index (χ0) is 15.8. The van der Waals surface area contributed by atoms with Crippen molar-refractivity contribution in [2.75, 3.05) is 25.5 Å². The molecule has 0 aliphatic heterocycles. The van der Waals surface area contributed by atoms with Crippen LogP contribution in [0.25, 0.3) is 0 Å². The van der Waals surface area contributed by atoms with E-state index in [2.05, 4.69) is 21.7 Å². The van der Waals surface area contributed by atoms with Crippen molar-refractivity contribution < 1.29 is 4.79 Å². The molecule has 0 saturated heterocycles. The van der Waals surface area contributed by atoms with Crippen molar-refractivity contribution in [1.29, 1.82) is 5.26 Å². The van der Waals surface area contributed by atoms with Crippen LogP contribution in [0.1, 0.15) is 37.7 Å². The van der Waals surface area contributed by atoms with E-state index in [0.29, 0.717) is 30.5 Å². The summed E-state index contributed by atoms with van der Waals surface area (Å²) in [5.74, 6) is 0.555. The highest BCUT2D eigenvalue weighted by Crippen LogP contribution is 2.21. The maximum atomic E-state index is 12.1. The van der Waals surface area contributed by atoms with Crippen molar-refractivity contribution in [2.45, 2.75) is 38.1 Å². The molecule has 22 heavy (non-hydrogen) atoms. The van der Waals surface area contributed by atoms with Gasteiger partial charge in [-0.2, -0.15) is 5.26 Å². The van der Waals surface area contributed by atoms with E-state index in [1.807, 2.05) is 11.9 Å². The van der Waals surface area contributed by atoms with Crippen LogP contribution in [0.3, 0.4) is 0 Å². The van der Waals surface area contributed by atoms with Gasteiger partial charge in [0.2, 0.25) is 0 Å². The predicted octanol–water partition coefficient (Wildman–Crippen LogP) is 2.34. The molecule has 0 atom stereocenters. The lowest BCUT2D eigenvalue weighted by molar-refractivity contribution is 0.174. The Kier molecular flexibility index (Phi) is 6.01. The van der Waals surface area contributed by atoms with E-state index < -0.39 is 0 Å². The van der Waals surface area contributed by atoms with Crippen molar-refractivity contribution in [3.8, 4) is 6.07 Å². The molecule has 0 spiro atoms. The lowest BCUT2D eigenvalue weighted by atomic mass is 9.95. The third-order valence-electron chi connectivity index (χ3n) is 4.06. The molecule has 1 saturated carbocycles. The smallest absolute Gasteiger partial charge is 0.317 e. The summed E-state index contributed by atoms with van der Waals surface area (Å²) in [4.78, 5) is 18.0. The highest BCUT2D eigenvalue weighted by molar-refractivity contribution is 5.74. The molecule has 1 aliphatic rings. The zero-order valence-corrected chi connectivity index (χ0v) is 13.0. The number of pyridine rings is 1. The van der Waals surface area contributed by atoms with Crippen molar-refractivity contribution in [3.05, 3.63) is 23.9 Å². The van der Waals surface area contributed by atoms with Crippen LogP contribution < -0.4 is 10.6 Å². The van der Waals surface area contributed by atoms with E-state index in [-0.39, 0.29) is 6.03 Å². The van der Waals surface area contributed by atoms with Gasteiger partial charge in [0, 0.05) is 32.4 Å². The van der Waals surface area contributed by atoms with Gasteiger partial charge in [0.25, 0.3) is 0 Å². The number of hydrogen-bond donors (Lipinski definition) is 2. The standard InChI is InChI=1S/C16H23N5O/c1-21(14-7-3-2-4-8-14)16(22)20-11-10-19-15-13(12-17)6-5-9-18-15/h5-6,9,14H,2-4,7-8,10-11H2,1H3,(H,18,19)(H,20,22). The minimum atomic E-state index is -0.0322. The number of anilines is 1. The molecule has 2 N–H and O–H groups in total. The van der Waals surface area contributed by atoms with Gasteiger partial charge in [-0.3, -0.25) is 0 Å². The first-order chi connectivity index (χ1) is 10.7. The summed E-state index contributed by atoms with van der Waals surface area (Å²) in [5, 5.41) is 14.9. The Morgan fingerprint density at radius 2 is 2.18 bits per heavy atom. The molecule has 1 aromatic heterocycles. The first kappa shape index (κ1) is 16.1. The van der Waals surface area contributed by atoms with E-state index in [1.165, 1.54) is 19.3 Å². The molecule has 0 bridgehead atoms. The van der Waals surface area contributed by atoms with E-state index in [4.69, 9.17) is 5.26 Å². The lowest BCUT2D eigenvalue weighted by Crippen LogP contribution is -2.45. The van der Waals surface area contributed by atoms with Crippen LogP contribution in [0.2, 0.25) is 0 Å². The van der Waals surface area contributed by atoms with Gasteiger partial charge in [0.15, 0.2) is 0 Å². The van der Waals surface area contributed by atoms with Crippen molar-refractivity contribution in [2.24, 2.45) is 0 Å². The maximum Gasteiger partial charge on any atom is 0.317 e. The Hall–Kier alpha value is -2.29. The van der Waals surface area contributed by atoms with Gasteiger partial charge in [-0.25, -0.2) is 9.78 Å². The Morgan fingerprint density at radius 1 is 1.41 bits per heavy atom. The third-order valence-corrected chi connectivity index (χ3v) is 4.06. The minimum Gasteiger partial charge on any atom is -0.367 e. The molecule has 1 heterocycles. The van der Waals surface area contributed by atoms with Gasteiger partial charge in [0.05, 0.1) is 5.56 Å². The minimum absolute atomic E-state index is 0.0322. The zero-order valence-electron chi connectivity index (χ0n) is 13.0. The largest absolute Gasteiger partial charge is 0.367 e. The first-order valence-corrected chi connectivity index (χ1v) is 7.82. The van der Waals surface area contributed by atoms with Gasteiger partial charge in [-0.15, -0.1) is 0 Å². The Bertz CT molecular complexity index is 534. The summed E-state index contributed by atoms with van der Waals surface area (Å²) in [6, 6.07) is 5.86. The number of aromatic nitrogens is 1. The quantitative estimate of drug-likeness (QED) is 0.818. The van der Waals surface area contributed by atoms with E-state index in [9.17, 15) is 4.79 Å². The fourth-order valence-electron chi connectivity index (χ4n) is 2.75. The van der Waals surface area contributed by atoms with Crippen LogP contribution in [-0.4, -0.2) is 42.1 Å². The monoisotopic (exact) mass is 301 g/mol. The van der Waals surface area contributed by atoms with Crippen molar-refractivity contribution in [3.63, 3.8) is 0 Å². The van der Waals surface area contributed by atoms with Gasteiger partial charge in [-0.05, 0) is 25.0 Å². The summed E-state index contributed by atoms with van der Waals surface area (Å²) in [7, 11) is 1.87. The molecule has 2 amide bonds. The molecule has 0 unspecified atom stereocenters. The van der Waals surface area contributed by atoms with Gasteiger partial charge in [0.1, 0.15) is 11.9 Å². The molecule has 1 aromatic rings. The molecule has 1 aliphatic carbocycles. The molecule has 0 aromatic carbocycles. The summed E-state index contributed by atoms with van der Waals surface area (Å²) in [5.41, 5.74) is 0.508. The van der Waals surface area contributed by atoms with Gasteiger partial charge in [-0.1, -0.05) is 19.3 Å².